The van der Waals surface area contributed by atoms with Gasteiger partial charge in [0.15, 0.2) is 0 Å². The zero-order chi connectivity index (χ0) is 15.2. The lowest BCUT2D eigenvalue weighted by atomic mass is 10.2. The molecule has 2 rings (SSSR count). The Morgan fingerprint density at radius 1 is 1.38 bits per heavy atom. The van der Waals surface area contributed by atoms with E-state index in [1.165, 1.54) is 12.1 Å². The van der Waals surface area contributed by atoms with E-state index in [0.29, 0.717) is 25.5 Å². The van der Waals surface area contributed by atoms with Gasteiger partial charge in [0.2, 0.25) is 0 Å². The number of nitrogens with zero attached hydrogens (tertiary/aromatic N) is 2. The summed E-state index contributed by atoms with van der Waals surface area (Å²) in [5, 5.41) is 3.15. The fourth-order valence-electron chi connectivity index (χ4n) is 1.91. The summed E-state index contributed by atoms with van der Waals surface area (Å²) in [5.41, 5.74) is 0.0144. The largest absolute Gasteiger partial charge is 0.383 e. The van der Waals surface area contributed by atoms with Gasteiger partial charge in [-0.1, -0.05) is 0 Å². The van der Waals surface area contributed by atoms with Crippen LogP contribution in [0.15, 0.2) is 29.0 Å². The molecular formula is C14H16BrF2N3O. The van der Waals surface area contributed by atoms with E-state index >= 15 is 0 Å². The fraction of sp³-hybridized carbons (Fsp3) is 0.357. The van der Waals surface area contributed by atoms with Crippen molar-refractivity contribution in [2.75, 3.05) is 20.3 Å². The van der Waals surface area contributed by atoms with Crippen molar-refractivity contribution in [1.82, 2.24) is 14.9 Å². The lowest BCUT2D eigenvalue weighted by Crippen LogP contribution is -2.21. The van der Waals surface area contributed by atoms with Gasteiger partial charge in [-0.2, -0.15) is 0 Å². The number of benzene rings is 1. The maximum absolute atomic E-state index is 14.0. The number of imidazole rings is 1. The third-order valence-electron chi connectivity index (χ3n) is 3.04. The molecule has 0 aliphatic rings. The zero-order valence-electron chi connectivity index (χ0n) is 11.6. The van der Waals surface area contributed by atoms with Gasteiger partial charge in [-0.15, -0.1) is 0 Å². The Kier molecular flexibility index (Phi) is 5.84. The first-order valence-corrected chi connectivity index (χ1v) is 7.24. The topological polar surface area (TPSA) is 39.1 Å². The molecule has 0 atom stereocenters. The molecule has 21 heavy (non-hydrogen) atoms. The normalized spacial score (nSPS) is 11.0. The number of hydrogen-bond acceptors (Lipinski definition) is 3. The molecule has 0 aliphatic heterocycles. The Labute approximate surface area is 130 Å². The number of methoxy groups -OCH3 is 1. The number of hydrogen-bond donors (Lipinski definition) is 1. The predicted octanol–water partition coefficient (Wildman–Crippen LogP) is 2.71. The second-order valence-corrected chi connectivity index (χ2v) is 5.32. The molecule has 1 aromatic carbocycles. The first-order chi connectivity index (χ1) is 10.1. The van der Waals surface area contributed by atoms with E-state index in [2.05, 4.69) is 26.2 Å². The van der Waals surface area contributed by atoms with Crippen LogP contribution in [0.1, 0.15) is 11.4 Å². The van der Waals surface area contributed by atoms with Crippen LogP contribution < -0.4 is 5.32 Å². The Bertz CT molecular complexity index is 604. The van der Waals surface area contributed by atoms with Crippen molar-refractivity contribution in [2.45, 2.75) is 13.1 Å². The molecule has 114 valence electrons. The van der Waals surface area contributed by atoms with Gasteiger partial charge in [-0.3, -0.25) is 0 Å². The minimum absolute atomic E-state index is 0.0144. The second-order valence-electron chi connectivity index (χ2n) is 4.46. The molecule has 1 N–H and O–H groups in total. The first kappa shape index (κ1) is 16.1. The van der Waals surface area contributed by atoms with Crippen LogP contribution in [0.3, 0.4) is 0 Å². The van der Waals surface area contributed by atoms with Gasteiger partial charge in [-0.25, -0.2) is 13.8 Å². The highest BCUT2D eigenvalue weighted by Crippen LogP contribution is 2.22. The highest BCUT2D eigenvalue weighted by Gasteiger charge is 2.14. The highest BCUT2D eigenvalue weighted by atomic mass is 79.9. The maximum Gasteiger partial charge on any atom is 0.145 e. The van der Waals surface area contributed by atoms with E-state index in [0.717, 1.165) is 0 Å². The third-order valence-corrected chi connectivity index (χ3v) is 3.65. The molecule has 1 aromatic heterocycles. The minimum Gasteiger partial charge on any atom is -0.383 e. The van der Waals surface area contributed by atoms with Crippen LogP contribution >= 0.6 is 15.9 Å². The average Bonchev–Trinajstić information content (AvgIpc) is 2.91. The molecule has 0 bridgehead atoms. The quantitative estimate of drug-likeness (QED) is 0.610. The van der Waals surface area contributed by atoms with E-state index in [1.807, 2.05) is 0 Å². The van der Waals surface area contributed by atoms with Gasteiger partial charge in [0.1, 0.15) is 17.5 Å². The smallest absolute Gasteiger partial charge is 0.145 e. The van der Waals surface area contributed by atoms with E-state index < -0.39 is 11.6 Å². The molecule has 0 fully saturated rings. The molecule has 0 amide bonds. The molecule has 4 nitrogen and oxygen atoms in total. The van der Waals surface area contributed by atoms with Crippen molar-refractivity contribution >= 4 is 15.9 Å². The molecule has 0 unspecified atom stereocenters. The van der Waals surface area contributed by atoms with Crippen LogP contribution in [0.5, 0.6) is 0 Å². The summed E-state index contributed by atoms with van der Waals surface area (Å²) in [6.07, 6.45) is 3.31. The van der Waals surface area contributed by atoms with Gasteiger partial charge in [0, 0.05) is 31.6 Å². The summed E-state index contributed by atoms with van der Waals surface area (Å²) in [6, 6.07) is 2.60. The molecule has 0 spiro atoms. The standard InChI is InChI=1S/C14H16BrF2N3O/c1-21-7-5-18-8-13-19-4-6-20(13)9-10-12(16)3-2-11(15)14(10)17/h2-4,6,18H,5,7-9H2,1H3. The maximum atomic E-state index is 14.0. The number of aromatic nitrogens is 2. The Morgan fingerprint density at radius 3 is 2.95 bits per heavy atom. The average molecular weight is 360 g/mol. The lowest BCUT2D eigenvalue weighted by molar-refractivity contribution is 0.199. The van der Waals surface area contributed by atoms with E-state index in [4.69, 9.17) is 4.74 Å². The third kappa shape index (κ3) is 4.09. The molecule has 1 heterocycles. The van der Waals surface area contributed by atoms with Gasteiger partial charge in [-0.05, 0) is 28.1 Å². The van der Waals surface area contributed by atoms with Crippen LogP contribution in [0.25, 0.3) is 0 Å². The van der Waals surface area contributed by atoms with E-state index in [9.17, 15) is 8.78 Å². The van der Waals surface area contributed by atoms with E-state index in [-0.39, 0.29) is 16.6 Å². The summed E-state index contributed by atoms with van der Waals surface area (Å²) >= 11 is 3.07. The number of nitrogens with one attached hydrogen (secondary N) is 1. The Hall–Kier alpha value is -1.31. The van der Waals surface area contributed by atoms with Gasteiger partial charge >= 0.3 is 0 Å². The molecule has 0 aliphatic carbocycles. The molecule has 0 radical (unpaired) electrons. The predicted molar refractivity (Wildman–Crippen MR) is 79.0 cm³/mol. The molecule has 2 aromatic rings. The summed E-state index contributed by atoms with van der Waals surface area (Å²) in [5.74, 6) is -0.436. The summed E-state index contributed by atoms with van der Waals surface area (Å²) in [7, 11) is 1.63. The first-order valence-electron chi connectivity index (χ1n) is 6.45. The van der Waals surface area contributed by atoms with Crippen LogP contribution in [-0.4, -0.2) is 29.8 Å². The summed E-state index contributed by atoms with van der Waals surface area (Å²) in [4.78, 5) is 4.19. The highest BCUT2D eigenvalue weighted by molar-refractivity contribution is 9.10. The fourth-order valence-corrected chi connectivity index (χ4v) is 2.28. The Balaban J connectivity index is 2.10. The van der Waals surface area contributed by atoms with E-state index in [1.54, 1.807) is 24.1 Å². The van der Waals surface area contributed by atoms with Crippen molar-refractivity contribution in [2.24, 2.45) is 0 Å². The second kappa shape index (κ2) is 7.63. The summed E-state index contributed by atoms with van der Waals surface area (Å²) in [6.45, 7) is 1.88. The molecular weight excluding hydrogens is 344 g/mol. The number of rotatable bonds is 7. The Morgan fingerprint density at radius 2 is 2.19 bits per heavy atom. The molecule has 0 saturated carbocycles. The number of ether oxygens (including phenoxy) is 1. The van der Waals surface area contributed by atoms with Crippen molar-refractivity contribution < 1.29 is 13.5 Å². The molecule has 0 saturated heterocycles. The van der Waals surface area contributed by atoms with Crippen LogP contribution in [0, 0.1) is 11.6 Å². The van der Waals surface area contributed by atoms with Crippen molar-refractivity contribution in [3.8, 4) is 0 Å². The zero-order valence-corrected chi connectivity index (χ0v) is 13.2. The van der Waals surface area contributed by atoms with Gasteiger partial charge < -0.3 is 14.6 Å². The number of halogens is 3. The van der Waals surface area contributed by atoms with Crippen LogP contribution in [0.4, 0.5) is 8.78 Å². The minimum atomic E-state index is -0.581. The van der Waals surface area contributed by atoms with Gasteiger partial charge in [0.05, 0.1) is 24.2 Å². The van der Waals surface area contributed by atoms with Gasteiger partial charge in [0.25, 0.3) is 0 Å². The summed E-state index contributed by atoms with van der Waals surface area (Å²) < 4.78 is 34.7. The monoisotopic (exact) mass is 359 g/mol. The SMILES string of the molecule is COCCNCc1nccn1Cc1c(F)ccc(Br)c1F. The van der Waals surface area contributed by atoms with Crippen molar-refractivity contribution in [3.05, 3.63) is 52.0 Å². The van der Waals surface area contributed by atoms with Crippen LogP contribution in [-0.2, 0) is 17.8 Å². The lowest BCUT2D eigenvalue weighted by Gasteiger charge is -2.11. The van der Waals surface area contributed by atoms with Crippen LogP contribution in [0.2, 0.25) is 0 Å². The van der Waals surface area contributed by atoms with Crippen molar-refractivity contribution in [1.29, 1.82) is 0 Å². The molecule has 7 heteroatoms. The van der Waals surface area contributed by atoms with Crippen molar-refractivity contribution in [3.63, 3.8) is 0 Å².